The summed E-state index contributed by atoms with van der Waals surface area (Å²) in [5.74, 6) is -0.715. The second kappa shape index (κ2) is 4.13. The molecule has 98 valence electrons. The fraction of sp³-hybridized carbons (Fsp3) is 0.231. The van der Waals surface area contributed by atoms with Gasteiger partial charge in [-0.3, -0.25) is 0 Å². The fourth-order valence-electron chi connectivity index (χ4n) is 2.05. The molecule has 0 unspecified atom stereocenters. The monoisotopic (exact) mass is 281 g/mol. The van der Waals surface area contributed by atoms with Crippen LogP contribution >= 0.6 is 11.6 Å². The van der Waals surface area contributed by atoms with Crippen molar-refractivity contribution in [2.24, 2.45) is 0 Å². The number of H-pyrrole nitrogens is 1. The van der Waals surface area contributed by atoms with E-state index < -0.39 is 11.6 Å². The van der Waals surface area contributed by atoms with Gasteiger partial charge in [0, 0.05) is 12.0 Å². The van der Waals surface area contributed by atoms with Crippen LogP contribution in [0, 0.1) is 11.6 Å². The smallest absolute Gasteiger partial charge is 0.156 e. The Balaban J connectivity index is 2.49. The zero-order valence-corrected chi connectivity index (χ0v) is 11.0. The van der Waals surface area contributed by atoms with Gasteiger partial charge in [-0.05, 0) is 6.07 Å². The summed E-state index contributed by atoms with van der Waals surface area (Å²) < 4.78 is 27.1. The van der Waals surface area contributed by atoms with Crippen LogP contribution in [0.4, 0.5) is 8.78 Å². The van der Waals surface area contributed by atoms with Gasteiger partial charge in [-0.2, -0.15) is 0 Å². The highest BCUT2D eigenvalue weighted by Crippen LogP contribution is 2.31. The molecule has 3 rings (SSSR count). The zero-order valence-electron chi connectivity index (χ0n) is 10.3. The van der Waals surface area contributed by atoms with Gasteiger partial charge in [-0.15, -0.1) is 0 Å². The Kier molecular flexibility index (Phi) is 2.67. The van der Waals surface area contributed by atoms with E-state index in [1.54, 1.807) is 0 Å². The molecule has 3 aromatic rings. The molecule has 0 radical (unpaired) electrons. The van der Waals surface area contributed by atoms with Gasteiger partial charge < -0.3 is 4.98 Å². The molecular weight excluding hydrogens is 272 g/mol. The Morgan fingerprint density at radius 3 is 2.63 bits per heavy atom. The minimum Gasteiger partial charge on any atom is -0.350 e. The first kappa shape index (κ1) is 12.3. The van der Waals surface area contributed by atoms with Gasteiger partial charge in [0.25, 0.3) is 0 Å². The largest absolute Gasteiger partial charge is 0.350 e. The highest BCUT2D eigenvalue weighted by atomic mass is 35.5. The maximum atomic E-state index is 13.9. The minimum atomic E-state index is -0.661. The van der Waals surface area contributed by atoms with Crippen LogP contribution in [0.25, 0.3) is 21.9 Å². The van der Waals surface area contributed by atoms with Crippen molar-refractivity contribution in [2.45, 2.75) is 19.8 Å². The summed E-state index contributed by atoms with van der Waals surface area (Å²) in [6.07, 6.45) is 0. The third-order valence-electron chi connectivity index (χ3n) is 2.95. The van der Waals surface area contributed by atoms with Crippen molar-refractivity contribution in [3.63, 3.8) is 0 Å². The minimum absolute atomic E-state index is 0.0651. The molecule has 19 heavy (non-hydrogen) atoms. The molecule has 2 aromatic heterocycles. The van der Waals surface area contributed by atoms with E-state index in [4.69, 9.17) is 11.6 Å². The molecule has 0 saturated carbocycles. The van der Waals surface area contributed by atoms with Crippen LogP contribution in [-0.4, -0.2) is 15.0 Å². The lowest BCUT2D eigenvalue weighted by Gasteiger charge is -2.04. The van der Waals surface area contributed by atoms with E-state index in [1.807, 2.05) is 13.8 Å². The Labute approximate surface area is 112 Å². The molecule has 0 spiro atoms. The number of hydrogen-bond donors (Lipinski definition) is 1. The third kappa shape index (κ3) is 1.85. The molecule has 0 fully saturated rings. The number of benzene rings is 1. The summed E-state index contributed by atoms with van der Waals surface area (Å²) in [6, 6.07) is 2.05. The van der Waals surface area contributed by atoms with Gasteiger partial charge in [0.2, 0.25) is 0 Å². The average Bonchev–Trinajstić information content (AvgIpc) is 2.67. The number of nitrogens with one attached hydrogen (secondary N) is 1. The summed E-state index contributed by atoms with van der Waals surface area (Å²) in [5.41, 5.74) is 1.13. The summed E-state index contributed by atoms with van der Waals surface area (Å²) in [7, 11) is 0. The predicted molar refractivity (Wildman–Crippen MR) is 70.4 cm³/mol. The lowest BCUT2D eigenvalue weighted by atomic mass is 10.2. The molecule has 0 aliphatic heterocycles. The lowest BCUT2D eigenvalue weighted by molar-refractivity contribution is 0.592. The first-order valence-electron chi connectivity index (χ1n) is 5.81. The van der Waals surface area contributed by atoms with E-state index in [2.05, 4.69) is 15.0 Å². The van der Waals surface area contributed by atoms with Gasteiger partial charge in [-0.1, -0.05) is 25.4 Å². The Morgan fingerprint density at radius 1 is 1.21 bits per heavy atom. The molecule has 0 aliphatic rings. The van der Waals surface area contributed by atoms with Crippen LogP contribution in [0.1, 0.15) is 25.6 Å². The van der Waals surface area contributed by atoms with Crippen LogP contribution in [0.3, 0.4) is 0 Å². The Hall–Kier alpha value is -1.75. The van der Waals surface area contributed by atoms with Crippen LogP contribution in [-0.2, 0) is 0 Å². The number of halogens is 3. The molecule has 3 nitrogen and oxygen atoms in total. The Morgan fingerprint density at radius 2 is 1.95 bits per heavy atom. The molecular formula is C13H10ClF2N3. The quantitative estimate of drug-likeness (QED) is 0.680. The molecule has 0 aliphatic carbocycles. The molecule has 1 N–H and O–H groups in total. The normalized spacial score (nSPS) is 11.9. The first-order valence-corrected chi connectivity index (χ1v) is 6.19. The van der Waals surface area contributed by atoms with Gasteiger partial charge >= 0.3 is 0 Å². The topological polar surface area (TPSA) is 41.6 Å². The number of aromatic nitrogens is 3. The molecule has 0 atom stereocenters. The second-order valence-electron chi connectivity index (χ2n) is 4.69. The van der Waals surface area contributed by atoms with Crippen LogP contribution in [0.15, 0.2) is 12.1 Å². The first-order chi connectivity index (χ1) is 8.97. The molecule has 0 bridgehead atoms. The van der Waals surface area contributed by atoms with Gasteiger partial charge in [0.05, 0.1) is 10.9 Å². The van der Waals surface area contributed by atoms with E-state index in [0.29, 0.717) is 22.4 Å². The van der Waals surface area contributed by atoms with Crippen molar-refractivity contribution in [1.82, 2.24) is 15.0 Å². The highest BCUT2D eigenvalue weighted by Gasteiger charge is 2.17. The van der Waals surface area contributed by atoms with Gasteiger partial charge in [0.15, 0.2) is 5.15 Å². The van der Waals surface area contributed by atoms with Crippen molar-refractivity contribution < 1.29 is 8.78 Å². The van der Waals surface area contributed by atoms with Gasteiger partial charge in [0.1, 0.15) is 28.5 Å². The lowest BCUT2D eigenvalue weighted by Crippen LogP contribution is -1.98. The standard InChI is InChI=1S/C13H10ClF2N3/c1-5(2)13-18-10-9-7(16)3-6(15)4-8(9)17-11(10)12(14)19-13/h3-5,17H,1-2H3. The van der Waals surface area contributed by atoms with E-state index in [0.717, 1.165) is 6.07 Å². The van der Waals surface area contributed by atoms with E-state index in [9.17, 15) is 8.78 Å². The molecule has 6 heteroatoms. The van der Waals surface area contributed by atoms with Crippen LogP contribution in [0.2, 0.25) is 5.15 Å². The molecule has 2 heterocycles. The van der Waals surface area contributed by atoms with Crippen molar-refractivity contribution in [2.75, 3.05) is 0 Å². The van der Waals surface area contributed by atoms with E-state index in [-0.39, 0.29) is 16.5 Å². The number of rotatable bonds is 1. The number of nitrogens with zero attached hydrogens (tertiary/aromatic N) is 2. The predicted octanol–water partition coefficient (Wildman–Crippen LogP) is 4.17. The molecule has 1 aromatic carbocycles. The average molecular weight is 282 g/mol. The van der Waals surface area contributed by atoms with Crippen molar-refractivity contribution in [3.8, 4) is 0 Å². The third-order valence-corrected chi connectivity index (χ3v) is 3.22. The Bertz CT molecular complexity index is 796. The number of hydrogen-bond acceptors (Lipinski definition) is 2. The van der Waals surface area contributed by atoms with Crippen molar-refractivity contribution >= 4 is 33.5 Å². The summed E-state index contributed by atoms with van der Waals surface area (Å²) >= 11 is 6.07. The highest BCUT2D eigenvalue weighted by molar-refractivity contribution is 6.34. The molecule has 0 amide bonds. The number of aromatic amines is 1. The van der Waals surface area contributed by atoms with Crippen molar-refractivity contribution in [3.05, 3.63) is 34.7 Å². The fourth-order valence-corrected chi connectivity index (χ4v) is 2.27. The maximum absolute atomic E-state index is 13.9. The zero-order chi connectivity index (χ0) is 13.7. The summed E-state index contributed by atoms with van der Waals surface area (Å²) in [4.78, 5) is 11.3. The number of fused-ring (bicyclic) bond motifs is 3. The second-order valence-corrected chi connectivity index (χ2v) is 5.04. The summed E-state index contributed by atoms with van der Waals surface area (Å²) in [5, 5.41) is 0.451. The maximum Gasteiger partial charge on any atom is 0.156 e. The molecule has 0 saturated heterocycles. The van der Waals surface area contributed by atoms with Crippen LogP contribution in [0.5, 0.6) is 0 Å². The summed E-state index contributed by atoms with van der Waals surface area (Å²) in [6.45, 7) is 3.84. The van der Waals surface area contributed by atoms with Gasteiger partial charge in [-0.25, -0.2) is 18.7 Å². The van der Waals surface area contributed by atoms with E-state index in [1.165, 1.54) is 6.07 Å². The van der Waals surface area contributed by atoms with Crippen LogP contribution < -0.4 is 0 Å². The van der Waals surface area contributed by atoms with E-state index >= 15 is 0 Å². The SMILES string of the molecule is CC(C)c1nc(Cl)c2[nH]c3cc(F)cc(F)c3c2n1. The van der Waals surface area contributed by atoms with Crippen molar-refractivity contribution in [1.29, 1.82) is 0 Å².